The normalized spacial score (nSPS) is 13.7. The zero-order valence-electron chi connectivity index (χ0n) is 21.7. The predicted octanol–water partition coefficient (Wildman–Crippen LogP) is 5.71. The largest absolute Gasteiger partial charge is 0.490 e. The number of alkyl halides is 3. The molecule has 0 atom stereocenters. The van der Waals surface area contributed by atoms with E-state index in [0.29, 0.717) is 45.2 Å². The van der Waals surface area contributed by atoms with Crippen LogP contribution in [0, 0.1) is 0 Å². The van der Waals surface area contributed by atoms with Crippen molar-refractivity contribution >= 4 is 22.9 Å². The highest BCUT2D eigenvalue weighted by molar-refractivity contribution is 5.97. The Morgan fingerprint density at radius 1 is 1.10 bits per heavy atom. The van der Waals surface area contributed by atoms with Crippen LogP contribution in [0.15, 0.2) is 48.9 Å². The zero-order valence-corrected chi connectivity index (χ0v) is 21.7. The highest BCUT2D eigenvalue weighted by Crippen LogP contribution is 2.39. The van der Waals surface area contributed by atoms with Gasteiger partial charge in [0.2, 0.25) is 5.88 Å². The van der Waals surface area contributed by atoms with Crippen molar-refractivity contribution in [3.63, 3.8) is 0 Å². The SMILES string of the molecule is COc1cc(-c2cnc3c(n2)c(-c2ccc4c(c2)N(CC(F)(F)F)CCO4)cn3C(=O)OC(C)(C)C)ccn1. The molecule has 0 spiro atoms. The van der Waals surface area contributed by atoms with Crippen LogP contribution in [0.5, 0.6) is 11.6 Å². The van der Waals surface area contributed by atoms with Gasteiger partial charge in [-0.1, -0.05) is 6.07 Å². The average molecular weight is 542 g/mol. The first-order valence-electron chi connectivity index (χ1n) is 12.1. The molecule has 0 fully saturated rings. The van der Waals surface area contributed by atoms with Crippen molar-refractivity contribution in [3.05, 3.63) is 48.9 Å². The van der Waals surface area contributed by atoms with Crippen LogP contribution < -0.4 is 14.4 Å². The predicted molar refractivity (Wildman–Crippen MR) is 138 cm³/mol. The molecule has 0 bridgehead atoms. The van der Waals surface area contributed by atoms with Crippen LogP contribution in [0.2, 0.25) is 0 Å². The maximum Gasteiger partial charge on any atom is 0.420 e. The number of hydrogen-bond donors (Lipinski definition) is 0. The maximum absolute atomic E-state index is 13.3. The van der Waals surface area contributed by atoms with Crippen molar-refractivity contribution in [2.24, 2.45) is 0 Å². The number of anilines is 1. The van der Waals surface area contributed by atoms with Gasteiger partial charge in [0, 0.05) is 29.6 Å². The minimum Gasteiger partial charge on any atom is -0.490 e. The monoisotopic (exact) mass is 541 g/mol. The first-order chi connectivity index (χ1) is 18.4. The standard InChI is InChI=1S/C27H26F3N5O4/c1-26(2,3)39-25(36)35-14-18(16-5-6-21-20(11-16)34(9-10-38-21)15-27(28,29)30)23-24(35)32-13-19(33-23)17-7-8-31-22(12-17)37-4/h5-8,11-14H,9-10,15H2,1-4H3. The Morgan fingerprint density at radius 3 is 2.62 bits per heavy atom. The summed E-state index contributed by atoms with van der Waals surface area (Å²) in [4.78, 5) is 27.7. The summed E-state index contributed by atoms with van der Waals surface area (Å²) in [6, 6.07) is 8.39. The number of hydrogen-bond acceptors (Lipinski definition) is 8. The van der Waals surface area contributed by atoms with E-state index in [0.717, 1.165) is 0 Å². The van der Waals surface area contributed by atoms with Gasteiger partial charge in [-0.25, -0.2) is 24.3 Å². The molecule has 39 heavy (non-hydrogen) atoms. The van der Waals surface area contributed by atoms with Gasteiger partial charge in [0.05, 0.1) is 31.2 Å². The van der Waals surface area contributed by atoms with Crippen molar-refractivity contribution in [3.8, 4) is 34.0 Å². The molecule has 3 aromatic heterocycles. The van der Waals surface area contributed by atoms with Crippen LogP contribution in [0.25, 0.3) is 33.5 Å². The fraction of sp³-hybridized carbons (Fsp3) is 0.333. The first-order valence-corrected chi connectivity index (χ1v) is 12.1. The van der Waals surface area contributed by atoms with Gasteiger partial charge in [-0.15, -0.1) is 0 Å². The van der Waals surface area contributed by atoms with E-state index >= 15 is 0 Å². The van der Waals surface area contributed by atoms with Crippen LogP contribution in [0.3, 0.4) is 0 Å². The lowest BCUT2D eigenvalue weighted by atomic mass is 10.1. The molecular weight excluding hydrogens is 515 g/mol. The topological polar surface area (TPSA) is 91.6 Å². The van der Waals surface area contributed by atoms with Gasteiger partial charge in [0.25, 0.3) is 0 Å². The van der Waals surface area contributed by atoms with Crippen molar-refractivity contribution in [2.45, 2.75) is 32.5 Å². The fourth-order valence-corrected chi connectivity index (χ4v) is 4.29. The number of pyridine rings is 1. The minimum absolute atomic E-state index is 0.0868. The quantitative estimate of drug-likeness (QED) is 0.324. The van der Waals surface area contributed by atoms with Gasteiger partial charge in [-0.2, -0.15) is 13.2 Å². The molecule has 0 amide bonds. The number of halogens is 3. The summed E-state index contributed by atoms with van der Waals surface area (Å²) in [6.45, 7) is 4.36. The third kappa shape index (κ3) is 5.59. The van der Waals surface area contributed by atoms with Crippen LogP contribution in [0.1, 0.15) is 20.8 Å². The van der Waals surface area contributed by atoms with E-state index in [1.807, 2.05) is 0 Å². The minimum atomic E-state index is -4.39. The Kier molecular flexibility index (Phi) is 6.57. The molecule has 4 heterocycles. The highest BCUT2D eigenvalue weighted by Gasteiger charge is 2.33. The lowest BCUT2D eigenvalue weighted by Crippen LogP contribution is -2.39. The van der Waals surface area contributed by atoms with Crippen molar-refractivity contribution in [2.75, 3.05) is 31.7 Å². The third-order valence-electron chi connectivity index (χ3n) is 5.92. The van der Waals surface area contributed by atoms with Gasteiger partial charge >= 0.3 is 12.3 Å². The number of methoxy groups -OCH3 is 1. The summed E-state index contributed by atoms with van der Waals surface area (Å²) in [5, 5.41) is 0. The molecule has 5 rings (SSSR count). The van der Waals surface area contributed by atoms with Crippen LogP contribution in [-0.2, 0) is 4.74 Å². The Bertz CT molecular complexity index is 1540. The summed E-state index contributed by atoms with van der Waals surface area (Å²) in [5.41, 5.74) is 2.35. The van der Waals surface area contributed by atoms with Crippen LogP contribution in [-0.4, -0.2) is 64.2 Å². The number of rotatable bonds is 4. The summed E-state index contributed by atoms with van der Waals surface area (Å²) >= 11 is 0. The van der Waals surface area contributed by atoms with Gasteiger partial charge < -0.3 is 19.1 Å². The smallest absolute Gasteiger partial charge is 0.420 e. The second-order valence-corrected chi connectivity index (χ2v) is 9.98. The molecule has 0 saturated heterocycles. The summed E-state index contributed by atoms with van der Waals surface area (Å²) in [5.74, 6) is 0.737. The number of nitrogens with zero attached hydrogens (tertiary/aromatic N) is 5. The molecule has 0 saturated carbocycles. The Hall–Kier alpha value is -4.35. The Labute approximate surface area is 222 Å². The summed E-state index contributed by atoms with van der Waals surface area (Å²) in [7, 11) is 1.50. The van der Waals surface area contributed by atoms with Gasteiger partial charge in [0.1, 0.15) is 30.0 Å². The maximum atomic E-state index is 13.3. The van der Waals surface area contributed by atoms with E-state index in [1.54, 1.807) is 57.3 Å². The molecule has 0 unspecified atom stereocenters. The summed E-state index contributed by atoms with van der Waals surface area (Å²) < 4.78 is 57.5. The fourth-order valence-electron chi connectivity index (χ4n) is 4.29. The van der Waals surface area contributed by atoms with E-state index in [4.69, 9.17) is 19.2 Å². The van der Waals surface area contributed by atoms with E-state index in [9.17, 15) is 18.0 Å². The van der Waals surface area contributed by atoms with E-state index < -0.39 is 24.4 Å². The Balaban J connectivity index is 1.67. The number of fused-ring (bicyclic) bond motifs is 2. The van der Waals surface area contributed by atoms with Crippen LogP contribution >= 0.6 is 0 Å². The number of carbonyl (C=O) groups excluding carboxylic acids is 1. The molecule has 0 aliphatic carbocycles. The van der Waals surface area contributed by atoms with Crippen molar-refractivity contribution < 1.29 is 32.2 Å². The third-order valence-corrected chi connectivity index (χ3v) is 5.92. The van der Waals surface area contributed by atoms with E-state index in [-0.39, 0.29) is 18.8 Å². The zero-order chi connectivity index (χ0) is 27.9. The molecular formula is C27H26F3N5O4. The highest BCUT2D eigenvalue weighted by atomic mass is 19.4. The number of ether oxygens (including phenoxy) is 3. The molecule has 4 aromatic rings. The van der Waals surface area contributed by atoms with Gasteiger partial charge in [-0.3, -0.25) is 0 Å². The average Bonchev–Trinajstić information content (AvgIpc) is 3.26. The number of carbonyl (C=O) groups is 1. The van der Waals surface area contributed by atoms with Crippen molar-refractivity contribution in [1.82, 2.24) is 19.5 Å². The van der Waals surface area contributed by atoms with Crippen molar-refractivity contribution in [1.29, 1.82) is 0 Å². The van der Waals surface area contributed by atoms with E-state index in [1.165, 1.54) is 29.0 Å². The molecule has 9 nitrogen and oxygen atoms in total. The molecule has 0 N–H and O–H groups in total. The number of benzene rings is 1. The van der Waals surface area contributed by atoms with E-state index in [2.05, 4.69) is 9.97 Å². The first kappa shape index (κ1) is 26.3. The number of aromatic nitrogens is 4. The lowest BCUT2D eigenvalue weighted by molar-refractivity contribution is -0.120. The lowest BCUT2D eigenvalue weighted by Gasteiger charge is -2.32. The molecule has 1 aliphatic rings. The summed E-state index contributed by atoms with van der Waals surface area (Å²) in [6.07, 6.45) is -0.413. The second kappa shape index (κ2) is 9.75. The molecule has 1 aromatic carbocycles. The second-order valence-electron chi connectivity index (χ2n) is 9.98. The molecule has 0 radical (unpaired) electrons. The van der Waals surface area contributed by atoms with Gasteiger partial charge in [0.15, 0.2) is 5.65 Å². The molecule has 12 heteroatoms. The molecule has 1 aliphatic heterocycles. The van der Waals surface area contributed by atoms with Crippen LogP contribution in [0.4, 0.5) is 23.7 Å². The molecule has 204 valence electrons. The van der Waals surface area contributed by atoms with Gasteiger partial charge in [-0.05, 0) is 44.5 Å². The Morgan fingerprint density at radius 2 is 1.90 bits per heavy atom.